The molecule has 0 N–H and O–H groups in total. The van der Waals surface area contributed by atoms with Crippen molar-refractivity contribution in [3.05, 3.63) is 63.1 Å². The van der Waals surface area contributed by atoms with Crippen molar-refractivity contribution in [2.24, 2.45) is 5.92 Å². The first-order valence-corrected chi connectivity index (χ1v) is 12.0. The van der Waals surface area contributed by atoms with Gasteiger partial charge in [0, 0.05) is 41.6 Å². The second-order valence-corrected chi connectivity index (χ2v) is 9.73. The van der Waals surface area contributed by atoms with Crippen LogP contribution in [-0.4, -0.2) is 27.1 Å². The van der Waals surface area contributed by atoms with Crippen molar-refractivity contribution in [3.63, 3.8) is 0 Å². The molecule has 0 saturated heterocycles. The zero-order chi connectivity index (χ0) is 25.3. The summed E-state index contributed by atoms with van der Waals surface area (Å²) >= 11 is 1.30. The van der Waals surface area contributed by atoms with E-state index in [-0.39, 0.29) is 23.9 Å². The summed E-state index contributed by atoms with van der Waals surface area (Å²) in [6, 6.07) is 10.8. The maximum Gasteiger partial charge on any atom is 0.435 e. The molecule has 1 atom stereocenters. The van der Waals surface area contributed by atoms with Gasteiger partial charge in [0.2, 0.25) is 0 Å². The van der Waals surface area contributed by atoms with E-state index in [1.54, 1.807) is 42.2 Å². The number of amides is 1. The van der Waals surface area contributed by atoms with Crippen LogP contribution in [0.15, 0.2) is 36.5 Å². The normalized spacial score (nSPS) is 15.4. The fourth-order valence-corrected chi connectivity index (χ4v) is 5.25. The number of aryl methyl sites for hydroxylation is 1. The van der Waals surface area contributed by atoms with Gasteiger partial charge in [-0.25, -0.2) is 0 Å². The lowest BCUT2D eigenvalue weighted by Gasteiger charge is -2.33. The van der Waals surface area contributed by atoms with Gasteiger partial charge in [-0.3, -0.25) is 9.48 Å². The van der Waals surface area contributed by atoms with Gasteiger partial charge < -0.3 is 4.90 Å². The second-order valence-electron chi connectivity index (χ2n) is 8.60. The Kier molecular flexibility index (Phi) is 6.73. The number of alkyl halides is 3. The Morgan fingerprint density at radius 1 is 1.26 bits per heavy atom. The Morgan fingerprint density at radius 3 is 2.66 bits per heavy atom. The van der Waals surface area contributed by atoms with Gasteiger partial charge in [-0.15, -0.1) is 11.3 Å². The Hall–Kier alpha value is -3.56. The minimum atomic E-state index is -4.62. The molecule has 5 nitrogen and oxygen atoms in total. The van der Waals surface area contributed by atoms with E-state index >= 15 is 0 Å². The number of carbonyl (C=O) groups is 1. The van der Waals surface area contributed by atoms with Crippen molar-refractivity contribution < 1.29 is 18.0 Å². The third-order valence-electron chi connectivity index (χ3n) is 5.80. The lowest BCUT2D eigenvalue weighted by molar-refractivity contribution is -0.141. The van der Waals surface area contributed by atoms with Crippen LogP contribution < -0.4 is 0 Å². The molecule has 1 aliphatic heterocycles. The molecule has 0 fully saturated rings. The van der Waals surface area contributed by atoms with Gasteiger partial charge in [-0.1, -0.05) is 44.0 Å². The molecule has 1 aliphatic rings. The molecular weight excluding hydrogens is 473 g/mol. The van der Waals surface area contributed by atoms with Crippen molar-refractivity contribution in [3.8, 4) is 29.0 Å². The lowest BCUT2D eigenvalue weighted by atomic mass is 9.83. The predicted molar refractivity (Wildman–Crippen MR) is 127 cm³/mol. The number of rotatable bonds is 3. The first-order valence-electron chi connectivity index (χ1n) is 11.2. The van der Waals surface area contributed by atoms with Crippen LogP contribution in [0.4, 0.5) is 13.2 Å². The van der Waals surface area contributed by atoms with E-state index in [9.17, 15) is 23.2 Å². The Morgan fingerprint density at radius 2 is 2.00 bits per heavy atom. The molecule has 9 heteroatoms. The highest BCUT2D eigenvalue weighted by Gasteiger charge is 2.39. The summed E-state index contributed by atoms with van der Waals surface area (Å²) < 4.78 is 42.9. The molecule has 0 unspecified atom stereocenters. The van der Waals surface area contributed by atoms with Crippen LogP contribution in [0.1, 0.15) is 53.3 Å². The van der Waals surface area contributed by atoms with Crippen LogP contribution in [0.3, 0.4) is 0 Å². The quantitative estimate of drug-likeness (QED) is 0.440. The first-order chi connectivity index (χ1) is 16.6. The van der Waals surface area contributed by atoms with Gasteiger partial charge in [0.05, 0.1) is 6.54 Å². The molecule has 1 amide bonds. The fourth-order valence-electron chi connectivity index (χ4n) is 4.21. The van der Waals surface area contributed by atoms with E-state index < -0.39 is 17.8 Å². The highest BCUT2D eigenvalue weighted by Crippen LogP contribution is 2.44. The summed E-state index contributed by atoms with van der Waals surface area (Å²) in [5, 5.41) is 13.3. The van der Waals surface area contributed by atoms with E-state index in [0.29, 0.717) is 29.1 Å². The molecule has 2 aromatic heterocycles. The second kappa shape index (κ2) is 9.59. The van der Waals surface area contributed by atoms with Crippen LogP contribution in [0, 0.1) is 29.1 Å². The third kappa shape index (κ3) is 4.96. The van der Waals surface area contributed by atoms with Crippen molar-refractivity contribution in [1.29, 1.82) is 5.26 Å². The summed E-state index contributed by atoms with van der Waals surface area (Å²) in [5.74, 6) is 4.83. The van der Waals surface area contributed by atoms with Gasteiger partial charge in [-0.2, -0.15) is 23.5 Å². The van der Waals surface area contributed by atoms with Crippen LogP contribution >= 0.6 is 11.3 Å². The molecule has 180 valence electrons. The van der Waals surface area contributed by atoms with Gasteiger partial charge in [0.25, 0.3) is 5.91 Å². The highest BCUT2D eigenvalue weighted by atomic mass is 32.1. The van der Waals surface area contributed by atoms with Gasteiger partial charge >= 0.3 is 6.18 Å². The number of nitrogens with zero attached hydrogens (tertiary/aromatic N) is 4. The molecule has 0 spiro atoms. The molecule has 0 aliphatic carbocycles. The van der Waals surface area contributed by atoms with E-state index in [2.05, 4.69) is 23.0 Å². The minimum absolute atomic E-state index is 0.00437. The molecule has 4 rings (SSSR count). The summed E-state index contributed by atoms with van der Waals surface area (Å²) in [4.78, 5) is 15.8. The maximum atomic E-state index is 13.9. The van der Waals surface area contributed by atoms with E-state index in [1.165, 1.54) is 22.2 Å². The van der Waals surface area contributed by atoms with Crippen LogP contribution in [0.5, 0.6) is 0 Å². The summed E-state index contributed by atoms with van der Waals surface area (Å²) in [6.45, 7) is 6.37. The number of halogens is 3. The van der Waals surface area contributed by atoms with Crippen LogP contribution in [0.2, 0.25) is 0 Å². The Balaban J connectivity index is 1.86. The topological polar surface area (TPSA) is 61.9 Å². The SMILES string of the molecule is CCn1cc(-c2ccccc2[C@@H]2CN(C(=O)C#CC(C)C)Cc3sc(C#N)cc32)c(C(F)(F)F)n1. The molecule has 3 aromatic rings. The number of carbonyl (C=O) groups excluding carboxylic acids is 1. The number of aromatic nitrogens is 2. The zero-order valence-corrected chi connectivity index (χ0v) is 20.3. The maximum absolute atomic E-state index is 13.9. The largest absolute Gasteiger partial charge is 0.435 e. The van der Waals surface area contributed by atoms with Crippen molar-refractivity contribution in [2.75, 3.05) is 6.54 Å². The molecule has 35 heavy (non-hydrogen) atoms. The fraction of sp³-hybridized carbons (Fsp3) is 0.346. The summed E-state index contributed by atoms with van der Waals surface area (Å²) in [5.41, 5.74) is 0.961. The van der Waals surface area contributed by atoms with Crippen molar-refractivity contribution in [2.45, 2.75) is 46.0 Å². The Bertz CT molecular complexity index is 1370. The van der Waals surface area contributed by atoms with Crippen molar-refractivity contribution in [1.82, 2.24) is 14.7 Å². The number of thiophene rings is 1. The standard InChI is InChI=1S/C26H23F3N4OS/c1-4-33-14-22(25(31-33)26(27,28)29)19-8-6-5-7-18(19)21-13-32(24(34)10-9-16(2)3)15-23-20(21)11-17(12-30)35-23/h5-8,11,14,16,21H,4,13,15H2,1-3H3/t21-/m0/s1. The molecule has 0 bridgehead atoms. The van der Waals surface area contributed by atoms with Crippen LogP contribution in [0.25, 0.3) is 11.1 Å². The van der Waals surface area contributed by atoms with E-state index in [1.807, 2.05) is 13.8 Å². The molecule has 0 saturated carbocycles. The Labute approximate surface area is 205 Å². The van der Waals surface area contributed by atoms with Crippen molar-refractivity contribution >= 4 is 17.2 Å². The predicted octanol–water partition coefficient (Wildman–Crippen LogP) is 5.66. The van der Waals surface area contributed by atoms with Gasteiger partial charge in [-0.05, 0) is 35.6 Å². The molecule has 0 radical (unpaired) electrons. The third-order valence-corrected chi connectivity index (χ3v) is 6.84. The average molecular weight is 497 g/mol. The lowest BCUT2D eigenvalue weighted by Crippen LogP contribution is -2.37. The average Bonchev–Trinajstić information content (AvgIpc) is 3.46. The van der Waals surface area contributed by atoms with Gasteiger partial charge in [0.1, 0.15) is 10.9 Å². The number of fused-ring (bicyclic) bond motifs is 1. The zero-order valence-electron chi connectivity index (χ0n) is 19.5. The summed E-state index contributed by atoms with van der Waals surface area (Å²) in [6.07, 6.45) is -3.21. The smallest absolute Gasteiger partial charge is 0.326 e. The number of hydrogen-bond donors (Lipinski definition) is 0. The number of benzene rings is 1. The van der Waals surface area contributed by atoms with Crippen LogP contribution in [-0.2, 0) is 24.1 Å². The van der Waals surface area contributed by atoms with E-state index in [0.717, 1.165) is 10.4 Å². The molecular formula is C26H23F3N4OS. The molecule has 3 heterocycles. The highest BCUT2D eigenvalue weighted by molar-refractivity contribution is 7.12. The van der Waals surface area contributed by atoms with E-state index in [4.69, 9.17) is 0 Å². The van der Waals surface area contributed by atoms with Gasteiger partial charge in [0.15, 0.2) is 5.69 Å². The summed E-state index contributed by atoms with van der Waals surface area (Å²) in [7, 11) is 0. The minimum Gasteiger partial charge on any atom is -0.326 e. The number of hydrogen-bond acceptors (Lipinski definition) is 4. The molecule has 1 aromatic carbocycles. The number of nitriles is 1. The first kappa shape index (κ1) is 24.6. The monoisotopic (exact) mass is 496 g/mol.